The third kappa shape index (κ3) is 3.42. The van der Waals surface area contributed by atoms with Crippen LogP contribution in [0.25, 0.3) is 0 Å². The monoisotopic (exact) mass is 275 g/mol. The predicted octanol–water partition coefficient (Wildman–Crippen LogP) is 4.42. The van der Waals surface area contributed by atoms with Crippen molar-refractivity contribution in [2.24, 2.45) is 0 Å². The molecule has 2 unspecified atom stereocenters. The van der Waals surface area contributed by atoms with E-state index in [4.69, 9.17) is 0 Å². The van der Waals surface area contributed by atoms with Crippen LogP contribution in [0.15, 0.2) is 48.5 Å². The lowest BCUT2D eigenvalue weighted by molar-refractivity contribution is 0.471. The third-order valence-electron chi connectivity index (χ3n) is 3.49. The van der Waals surface area contributed by atoms with E-state index in [2.05, 4.69) is 12.2 Å². The number of nitrogens with one attached hydrogen (secondary N) is 1. The summed E-state index contributed by atoms with van der Waals surface area (Å²) >= 11 is 0. The quantitative estimate of drug-likeness (QED) is 0.851. The number of hydrogen-bond donors (Lipinski definition) is 1. The van der Waals surface area contributed by atoms with Crippen molar-refractivity contribution in [2.75, 3.05) is 6.54 Å². The maximum absolute atomic E-state index is 13.4. The van der Waals surface area contributed by atoms with Crippen LogP contribution in [0.1, 0.15) is 36.9 Å². The highest BCUT2D eigenvalue weighted by Gasteiger charge is 2.21. The van der Waals surface area contributed by atoms with E-state index in [-0.39, 0.29) is 12.0 Å². The minimum absolute atomic E-state index is 0.118. The minimum Gasteiger partial charge on any atom is -0.310 e. The molecule has 1 nitrogen and oxygen atoms in total. The molecule has 1 N–H and O–H groups in total. The van der Waals surface area contributed by atoms with Gasteiger partial charge in [0.15, 0.2) is 0 Å². The highest BCUT2D eigenvalue weighted by Crippen LogP contribution is 2.31. The van der Waals surface area contributed by atoms with Crippen molar-refractivity contribution in [3.63, 3.8) is 0 Å². The van der Waals surface area contributed by atoms with Crippen LogP contribution in [0.5, 0.6) is 0 Å². The summed E-state index contributed by atoms with van der Waals surface area (Å²) in [6, 6.07) is 13.6. The summed E-state index contributed by atoms with van der Waals surface area (Å²) in [5, 5.41) is 3.32. The third-order valence-corrected chi connectivity index (χ3v) is 3.49. The first-order valence-corrected chi connectivity index (χ1v) is 6.86. The standard InChI is InChI=1S/C17H19F2N/c1-3-20-17(12(2)13-7-5-4-6-8-13)14-9-15(18)11-16(19)10-14/h4-12,17,20H,3H2,1-2H3. The van der Waals surface area contributed by atoms with Crippen LogP contribution >= 0.6 is 0 Å². The van der Waals surface area contributed by atoms with Gasteiger partial charge in [-0.15, -0.1) is 0 Å². The molecule has 0 amide bonds. The normalized spacial score (nSPS) is 14.0. The highest BCUT2D eigenvalue weighted by molar-refractivity contribution is 5.28. The fourth-order valence-electron chi connectivity index (χ4n) is 2.51. The van der Waals surface area contributed by atoms with Gasteiger partial charge in [0, 0.05) is 18.0 Å². The molecule has 0 spiro atoms. The van der Waals surface area contributed by atoms with Crippen molar-refractivity contribution in [1.29, 1.82) is 0 Å². The van der Waals surface area contributed by atoms with Crippen LogP contribution in [-0.4, -0.2) is 6.54 Å². The van der Waals surface area contributed by atoms with Crippen LogP contribution in [0.2, 0.25) is 0 Å². The van der Waals surface area contributed by atoms with E-state index in [1.165, 1.54) is 12.1 Å². The maximum atomic E-state index is 13.4. The zero-order valence-corrected chi connectivity index (χ0v) is 11.7. The van der Waals surface area contributed by atoms with Gasteiger partial charge in [0.05, 0.1) is 0 Å². The van der Waals surface area contributed by atoms with E-state index < -0.39 is 11.6 Å². The zero-order chi connectivity index (χ0) is 14.5. The maximum Gasteiger partial charge on any atom is 0.126 e. The molecule has 0 heterocycles. The van der Waals surface area contributed by atoms with E-state index in [0.29, 0.717) is 5.56 Å². The summed E-state index contributed by atoms with van der Waals surface area (Å²) in [5.74, 6) is -0.955. The lowest BCUT2D eigenvalue weighted by Crippen LogP contribution is -2.26. The smallest absolute Gasteiger partial charge is 0.126 e. The second-order valence-electron chi connectivity index (χ2n) is 4.94. The molecule has 0 aliphatic heterocycles. The van der Waals surface area contributed by atoms with E-state index in [1.807, 2.05) is 37.3 Å². The Bertz CT molecular complexity index is 534. The molecule has 3 heteroatoms. The molecule has 2 aromatic carbocycles. The number of halogens is 2. The van der Waals surface area contributed by atoms with Crippen molar-refractivity contribution in [1.82, 2.24) is 5.32 Å². The molecular weight excluding hydrogens is 256 g/mol. The average Bonchev–Trinajstić information content (AvgIpc) is 2.44. The Morgan fingerprint density at radius 1 is 0.950 bits per heavy atom. The topological polar surface area (TPSA) is 12.0 Å². The molecule has 20 heavy (non-hydrogen) atoms. The largest absolute Gasteiger partial charge is 0.310 e. The summed E-state index contributed by atoms with van der Waals surface area (Å²) in [4.78, 5) is 0. The summed E-state index contributed by atoms with van der Waals surface area (Å²) in [7, 11) is 0. The van der Waals surface area contributed by atoms with E-state index in [0.717, 1.165) is 18.2 Å². The Labute approximate surface area is 118 Å². The fraction of sp³-hybridized carbons (Fsp3) is 0.294. The van der Waals surface area contributed by atoms with Gasteiger partial charge in [0.2, 0.25) is 0 Å². The van der Waals surface area contributed by atoms with Crippen molar-refractivity contribution < 1.29 is 8.78 Å². The molecule has 2 rings (SSSR count). The second-order valence-corrected chi connectivity index (χ2v) is 4.94. The predicted molar refractivity (Wildman–Crippen MR) is 77.6 cm³/mol. The van der Waals surface area contributed by atoms with Crippen LogP contribution in [0, 0.1) is 11.6 Å². The first kappa shape index (κ1) is 14.7. The van der Waals surface area contributed by atoms with Crippen molar-refractivity contribution >= 4 is 0 Å². The molecule has 2 atom stereocenters. The molecule has 0 bridgehead atoms. The van der Waals surface area contributed by atoms with Crippen LogP contribution < -0.4 is 5.32 Å². The summed E-state index contributed by atoms with van der Waals surface area (Å²) in [5.41, 5.74) is 1.78. The molecule has 0 aliphatic carbocycles. The highest BCUT2D eigenvalue weighted by atomic mass is 19.1. The van der Waals surface area contributed by atoms with Crippen LogP contribution in [0.3, 0.4) is 0 Å². The molecule has 0 saturated carbocycles. The van der Waals surface area contributed by atoms with Gasteiger partial charge in [-0.2, -0.15) is 0 Å². The molecule has 0 radical (unpaired) electrons. The molecule has 0 aliphatic rings. The van der Waals surface area contributed by atoms with Gasteiger partial charge in [0.25, 0.3) is 0 Å². The number of rotatable bonds is 5. The summed E-state index contributed by atoms with van der Waals surface area (Å²) in [6.07, 6.45) is 0. The minimum atomic E-state index is -0.539. The summed E-state index contributed by atoms with van der Waals surface area (Å²) in [6.45, 7) is 4.78. The molecule has 0 saturated heterocycles. The van der Waals surface area contributed by atoms with Crippen LogP contribution in [0.4, 0.5) is 8.78 Å². The van der Waals surface area contributed by atoms with Crippen LogP contribution in [-0.2, 0) is 0 Å². The number of hydrogen-bond acceptors (Lipinski definition) is 1. The Morgan fingerprint density at radius 2 is 1.55 bits per heavy atom. The SMILES string of the molecule is CCNC(c1cc(F)cc(F)c1)C(C)c1ccccc1. The molecule has 2 aromatic rings. The Kier molecular flexibility index (Phi) is 4.85. The van der Waals surface area contributed by atoms with E-state index in [1.54, 1.807) is 0 Å². The van der Waals surface area contributed by atoms with E-state index >= 15 is 0 Å². The fourth-order valence-corrected chi connectivity index (χ4v) is 2.51. The Morgan fingerprint density at radius 3 is 2.10 bits per heavy atom. The number of likely N-dealkylation sites (N-methyl/N-ethyl adjacent to an activating group) is 1. The molecule has 0 aromatic heterocycles. The van der Waals surface area contributed by atoms with Crippen molar-refractivity contribution in [2.45, 2.75) is 25.8 Å². The van der Waals surface area contributed by atoms with Gasteiger partial charge in [-0.05, 0) is 29.8 Å². The van der Waals surface area contributed by atoms with Gasteiger partial charge >= 0.3 is 0 Å². The van der Waals surface area contributed by atoms with Gasteiger partial charge in [0.1, 0.15) is 11.6 Å². The molecule has 0 fully saturated rings. The van der Waals surface area contributed by atoms with Crippen molar-refractivity contribution in [3.05, 3.63) is 71.3 Å². The van der Waals surface area contributed by atoms with Gasteiger partial charge in [-0.25, -0.2) is 8.78 Å². The van der Waals surface area contributed by atoms with E-state index in [9.17, 15) is 8.78 Å². The summed E-state index contributed by atoms with van der Waals surface area (Å²) < 4.78 is 26.9. The lowest BCUT2D eigenvalue weighted by Gasteiger charge is -2.26. The van der Waals surface area contributed by atoms with Crippen molar-refractivity contribution in [3.8, 4) is 0 Å². The first-order chi connectivity index (χ1) is 9.61. The Balaban J connectivity index is 2.35. The molecular formula is C17H19F2N. The average molecular weight is 275 g/mol. The molecule has 106 valence electrons. The first-order valence-electron chi connectivity index (χ1n) is 6.86. The zero-order valence-electron chi connectivity index (χ0n) is 11.7. The lowest BCUT2D eigenvalue weighted by atomic mass is 9.88. The Hall–Kier alpha value is -1.74. The van der Waals surface area contributed by atoms with Gasteiger partial charge in [-0.3, -0.25) is 0 Å². The van der Waals surface area contributed by atoms with Gasteiger partial charge < -0.3 is 5.32 Å². The second kappa shape index (κ2) is 6.62. The number of benzene rings is 2. The van der Waals surface area contributed by atoms with Gasteiger partial charge in [-0.1, -0.05) is 44.2 Å².